The van der Waals surface area contributed by atoms with Crippen LogP contribution in [0.2, 0.25) is 0 Å². The molecule has 4 nitrogen and oxygen atoms in total. The molecule has 0 aliphatic heterocycles. The summed E-state index contributed by atoms with van der Waals surface area (Å²) >= 11 is 0. The maximum Gasteiger partial charge on any atom is 0.280 e. The zero-order chi connectivity index (χ0) is 15.6. The van der Waals surface area contributed by atoms with Crippen molar-refractivity contribution >= 4 is 11.5 Å². The van der Waals surface area contributed by atoms with Crippen LogP contribution in [-0.2, 0) is 6.42 Å². The van der Waals surface area contributed by atoms with E-state index in [-0.39, 0.29) is 11.3 Å². The Balaban J connectivity index is 2.41. The van der Waals surface area contributed by atoms with Crippen molar-refractivity contribution in [3.05, 3.63) is 74.8 Å². The Morgan fingerprint density at radius 3 is 2.38 bits per heavy atom. The van der Waals surface area contributed by atoms with Gasteiger partial charge in [-0.1, -0.05) is 12.1 Å². The highest BCUT2D eigenvalue weighted by atomic mass is 19.1. The second-order valence-electron chi connectivity index (χ2n) is 4.58. The molecule has 0 unspecified atom stereocenters. The molecule has 0 aromatic heterocycles. The highest BCUT2D eigenvalue weighted by molar-refractivity contribution is 6.01. The minimum Gasteiger partial charge on any atom is -0.294 e. The molecule has 2 rings (SSSR count). The van der Waals surface area contributed by atoms with Crippen LogP contribution in [0.15, 0.2) is 36.4 Å². The normalized spacial score (nSPS) is 10.4. The smallest absolute Gasteiger partial charge is 0.280 e. The molecule has 0 aliphatic carbocycles. The number of halogens is 2. The van der Waals surface area contributed by atoms with Gasteiger partial charge in [0.2, 0.25) is 0 Å². The largest absolute Gasteiger partial charge is 0.294 e. The van der Waals surface area contributed by atoms with Gasteiger partial charge in [-0.2, -0.15) is 0 Å². The van der Waals surface area contributed by atoms with E-state index in [1.54, 1.807) is 6.92 Å². The Hall–Kier alpha value is -2.63. The first-order valence-corrected chi connectivity index (χ1v) is 6.11. The Labute approximate surface area is 119 Å². The van der Waals surface area contributed by atoms with Crippen molar-refractivity contribution in [2.75, 3.05) is 0 Å². The van der Waals surface area contributed by atoms with Crippen molar-refractivity contribution < 1.29 is 18.5 Å². The lowest BCUT2D eigenvalue weighted by atomic mass is 9.99. The summed E-state index contributed by atoms with van der Waals surface area (Å²) in [5.74, 6) is -2.40. The predicted octanol–water partition coefficient (Wildman–Crippen LogP) is 3.61. The van der Waals surface area contributed by atoms with Gasteiger partial charge < -0.3 is 0 Å². The average molecular weight is 291 g/mol. The molecule has 0 heterocycles. The molecular weight excluding hydrogens is 280 g/mol. The van der Waals surface area contributed by atoms with E-state index in [2.05, 4.69) is 0 Å². The van der Waals surface area contributed by atoms with Crippen LogP contribution in [0, 0.1) is 28.7 Å². The fourth-order valence-corrected chi connectivity index (χ4v) is 1.99. The third-order valence-corrected chi connectivity index (χ3v) is 3.05. The highest BCUT2D eigenvalue weighted by Gasteiger charge is 2.22. The number of hydrogen-bond acceptors (Lipinski definition) is 3. The third kappa shape index (κ3) is 3.10. The first-order valence-electron chi connectivity index (χ1n) is 6.11. The third-order valence-electron chi connectivity index (χ3n) is 3.05. The molecule has 108 valence electrons. The Kier molecular flexibility index (Phi) is 4.07. The molecule has 0 saturated heterocycles. The van der Waals surface area contributed by atoms with Crippen molar-refractivity contribution in [1.82, 2.24) is 0 Å². The lowest BCUT2D eigenvalue weighted by Gasteiger charge is -2.06. The highest BCUT2D eigenvalue weighted by Crippen LogP contribution is 2.23. The number of carbonyl (C=O) groups excluding carboxylic acids is 1. The van der Waals surface area contributed by atoms with Gasteiger partial charge in [0.05, 0.1) is 10.5 Å². The molecule has 0 bridgehead atoms. The van der Waals surface area contributed by atoms with Crippen LogP contribution in [-0.4, -0.2) is 10.7 Å². The van der Waals surface area contributed by atoms with E-state index < -0.39 is 34.3 Å². The monoisotopic (exact) mass is 291 g/mol. The fraction of sp³-hybridized carbons (Fsp3) is 0.133. The van der Waals surface area contributed by atoms with Gasteiger partial charge in [-0.05, 0) is 30.7 Å². The van der Waals surface area contributed by atoms with E-state index in [0.29, 0.717) is 5.56 Å². The molecule has 2 aromatic rings. The van der Waals surface area contributed by atoms with E-state index >= 15 is 0 Å². The molecular formula is C15H11F2NO3. The fourth-order valence-electron chi connectivity index (χ4n) is 1.99. The SMILES string of the molecule is Cc1ccc([N+](=O)[O-])c(C(=O)Cc2c(F)cccc2F)c1. The Bertz CT molecular complexity index is 709. The van der Waals surface area contributed by atoms with Gasteiger partial charge in [-0.3, -0.25) is 14.9 Å². The molecule has 0 saturated carbocycles. The molecule has 0 aliphatic rings. The minimum atomic E-state index is -0.848. The van der Waals surface area contributed by atoms with Gasteiger partial charge in [0.25, 0.3) is 5.69 Å². The first kappa shape index (κ1) is 14.8. The lowest BCUT2D eigenvalue weighted by molar-refractivity contribution is -0.385. The van der Waals surface area contributed by atoms with Gasteiger partial charge >= 0.3 is 0 Å². The summed E-state index contributed by atoms with van der Waals surface area (Å²) in [6.07, 6.45) is -0.567. The second kappa shape index (κ2) is 5.78. The summed E-state index contributed by atoms with van der Waals surface area (Å²) in [5, 5.41) is 10.9. The number of aryl methyl sites for hydroxylation is 1. The molecule has 21 heavy (non-hydrogen) atoms. The van der Waals surface area contributed by atoms with Crippen LogP contribution >= 0.6 is 0 Å². The minimum absolute atomic E-state index is 0.150. The molecule has 0 spiro atoms. The number of nitro groups is 1. The van der Waals surface area contributed by atoms with Gasteiger partial charge in [-0.25, -0.2) is 8.78 Å². The quantitative estimate of drug-likeness (QED) is 0.491. The maximum atomic E-state index is 13.5. The summed E-state index contributed by atoms with van der Waals surface area (Å²) < 4.78 is 27.1. The predicted molar refractivity (Wildman–Crippen MR) is 72.2 cm³/mol. The van der Waals surface area contributed by atoms with Crippen LogP contribution in [0.4, 0.5) is 14.5 Å². The first-order chi connectivity index (χ1) is 9.90. The number of carbonyl (C=O) groups is 1. The summed E-state index contributed by atoms with van der Waals surface area (Å²) in [6, 6.07) is 7.32. The summed E-state index contributed by atoms with van der Waals surface area (Å²) in [4.78, 5) is 22.4. The molecule has 0 radical (unpaired) electrons. The van der Waals surface area contributed by atoms with Crippen molar-refractivity contribution in [3.63, 3.8) is 0 Å². The molecule has 2 aromatic carbocycles. The van der Waals surface area contributed by atoms with E-state index in [1.165, 1.54) is 24.3 Å². The van der Waals surface area contributed by atoms with Crippen LogP contribution < -0.4 is 0 Å². The molecule has 0 atom stereocenters. The van der Waals surface area contributed by atoms with E-state index in [9.17, 15) is 23.7 Å². The second-order valence-corrected chi connectivity index (χ2v) is 4.58. The Morgan fingerprint density at radius 1 is 1.19 bits per heavy atom. The van der Waals surface area contributed by atoms with Gasteiger partial charge in [0.15, 0.2) is 5.78 Å². The number of Topliss-reactive ketones (excluding diaryl/α,β-unsaturated/α-hetero) is 1. The van der Waals surface area contributed by atoms with Crippen molar-refractivity contribution in [2.24, 2.45) is 0 Å². The van der Waals surface area contributed by atoms with Crippen LogP contribution in [0.3, 0.4) is 0 Å². The summed E-state index contributed by atoms with van der Waals surface area (Å²) in [7, 11) is 0. The average Bonchev–Trinajstić information content (AvgIpc) is 2.42. The van der Waals surface area contributed by atoms with E-state index in [4.69, 9.17) is 0 Å². The number of benzene rings is 2. The van der Waals surface area contributed by atoms with Crippen molar-refractivity contribution in [1.29, 1.82) is 0 Å². The van der Waals surface area contributed by atoms with Gasteiger partial charge in [0, 0.05) is 18.1 Å². The number of ketones is 1. The van der Waals surface area contributed by atoms with Crippen molar-refractivity contribution in [2.45, 2.75) is 13.3 Å². The Morgan fingerprint density at radius 2 is 1.81 bits per heavy atom. The molecule has 6 heteroatoms. The van der Waals surface area contributed by atoms with E-state index in [1.807, 2.05) is 0 Å². The van der Waals surface area contributed by atoms with Gasteiger partial charge in [0.1, 0.15) is 11.6 Å². The number of rotatable bonds is 4. The number of hydrogen-bond donors (Lipinski definition) is 0. The molecule has 0 N–H and O–H groups in total. The van der Waals surface area contributed by atoms with Gasteiger partial charge in [-0.15, -0.1) is 0 Å². The molecule has 0 amide bonds. The van der Waals surface area contributed by atoms with E-state index in [0.717, 1.165) is 12.1 Å². The summed E-state index contributed by atoms with van der Waals surface area (Å²) in [5.41, 5.74) is -0.263. The van der Waals surface area contributed by atoms with Crippen LogP contribution in [0.1, 0.15) is 21.5 Å². The number of nitrogens with zero attached hydrogens (tertiary/aromatic N) is 1. The van der Waals surface area contributed by atoms with Crippen LogP contribution in [0.5, 0.6) is 0 Å². The molecule has 0 fully saturated rings. The lowest BCUT2D eigenvalue weighted by Crippen LogP contribution is -2.10. The van der Waals surface area contributed by atoms with Crippen molar-refractivity contribution in [3.8, 4) is 0 Å². The zero-order valence-electron chi connectivity index (χ0n) is 11.1. The topological polar surface area (TPSA) is 60.2 Å². The standard InChI is InChI=1S/C15H11F2NO3/c1-9-5-6-14(18(20)21)11(7-9)15(19)8-10-12(16)3-2-4-13(10)17/h2-7H,8H2,1H3. The summed E-state index contributed by atoms with van der Waals surface area (Å²) in [6.45, 7) is 1.67. The number of nitro benzene ring substituents is 1. The maximum absolute atomic E-state index is 13.5. The van der Waals surface area contributed by atoms with Crippen LogP contribution in [0.25, 0.3) is 0 Å². The zero-order valence-corrected chi connectivity index (χ0v) is 11.1.